The van der Waals surface area contributed by atoms with Gasteiger partial charge in [0, 0.05) is 24.6 Å². The fourth-order valence-corrected chi connectivity index (χ4v) is 2.82. The maximum atomic E-state index is 12.3. The molecule has 2 aromatic heterocycles. The molecule has 23 heavy (non-hydrogen) atoms. The molecule has 0 spiro atoms. The third-order valence-corrected chi connectivity index (χ3v) is 4.20. The van der Waals surface area contributed by atoms with E-state index in [-0.39, 0.29) is 23.6 Å². The van der Waals surface area contributed by atoms with Gasteiger partial charge in [0.1, 0.15) is 5.56 Å². The molecule has 1 atom stereocenters. The molecule has 3 N–H and O–H groups in total. The van der Waals surface area contributed by atoms with Crippen LogP contribution in [0.3, 0.4) is 0 Å². The monoisotopic (exact) mass is 314 g/mol. The lowest BCUT2D eigenvalue weighted by Gasteiger charge is -2.38. The number of hydrogen-bond donors (Lipinski definition) is 3. The van der Waals surface area contributed by atoms with Gasteiger partial charge in [0.25, 0.3) is 11.5 Å². The minimum absolute atomic E-state index is 0.00731. The summed E-state index contributed by atoms with van der Waals surface area (Å²) in [4.78, 5) is 34.2. The van der Waals surface area contributed by atoms with Gasteiger partial charge in [-0.1, -0.05) is 0 Å². The third-order valence-electron chi connectivity index (χ3n) is 4.20. The molecule has 3 rings (SSSR count). The minimum Gasteiger partial charge on any atom is -0.393 e. The van der Waals surface area contributed by atoms with Crippen LogP contribution in [0.25, 0.3) is 0 Å². The van der Waals surface area contributed by atoms with Gasteiger partial charge in [-0.25, -0.2) is 4.98 Å². The summed E-state index contributed by atoms with van der Waals surface area (Å²) in [6.07, 6.45) is 7.54. The fourth-order valence-electron chi connectivity index (χ4n) is 2.82. The van der Waals surface area contributed by atoms with Crippen LogP contribution in [0.1, 0.15) is 28.8 Å². The van der Waals surface area contributed by atoms with Crippen molar-refractivity contribution in [3.05, 3.63) is 58.5 Å². The number of pyridine rings is 1. The molecule has 2 aromatic rings. The number of amides is 1. The van der Waals surface area contributed by atoms with Crippen molar-refractivity contribution >= 4 is 5.91 Å². The molecule has 1 aliphatic rings. The molecule has 7 heteroatoms. The Hall–Kier alpha value is -2.54. The van der Waals surface area contributed by atoms with E-state index in [1.807, 2.05) is 12.1 Å². The number of carbonyl (C=O) groups excluding carboxylic acids is 1. The molecule has 0 aliphatic heterocycles. The molecule has 1 fully saturated rings. The minimum atomic E-state index is -0.464. The summed E-state index contributed by atoms with van der Waals surface area (Å²) in [5.41, 5.74) is 0.577. The number of rotatable bonds is 5. The molecule has 1 amide bonds. The quantitative estimate of drug-likeness (QED) is 0.734. The molecule has 120 valence electrons. The van der Waals surface area contributed by atoms with Crippen molar-refractivity contribution in [2.75, 3.05) is 0 Å². The van der Waals surface area contributed by atoms with E-state index in [1.54, 1.807) is 12.4 Å². The van der Waals surface area contributed by atoms with E-state index in [2.05, 4.69) is 20.3 Å². The van der Waals surface area contributed by atoms with Crippen molar-refractivity contribution in [1.29, 1.82) is 0 Å². The summed E-state index contributed by atoms with van der Waals surface area (Å²) in [6.45, 7) is 0. The largest absolute Gasteiger partial charge is 0.393 e. The molecule has 1 aliphatic carbocycles. The second-order valence-corrected chi connectivity index (χ2v) is 5.82. The van der Waals surface area contributed by atoms with E-state index in [4.69, 9.17) is 0 Å². The van der Waals surface area contributed by atoms with Crippen molar-refractivity contribution in [2.24, 2.45) is 5.92 Å². The lowest BCUT2D eigenvalue weighted by molar-refractivity contribution is 0.0239. The van der Waals surface area contributed by atoms with Crippen LogP contribution in [0, 0.1) is 5.92 Å². The summed E-state index contributed by atoms with van der Waals surface area (Å²) >= 11 is 0. The Labute approximate surface area is 132 Å². The van der Waals surface area contributed by atoms with Gasteiger partial charge in [0.15, 0.2) is 0 Å². The Morgan fingerprint density at radius 2 is 2.09 bits per heavy atom. The molecule has 1 saturated carbocycles. The van der Waals surface area contributed by atoms with Crippen molar-refractivity contribution in [2.45, 2.75) is 31.4 Å². The van der Waals surface area contributed by atoms with Gasteiger partial charge >= 0.3 is 0 Å². The normalized spacial score (nSPS) is 21.3. The highest BCUT2D eigenvalue weighted by atomic mass is 16.3. The summed E-state index contributed by atoms with van der Waals surface area (Å²) in [6, 6.07) is 3.64. The highest BCUT2D eigenvalue weighted by Gasteiger charge is 2.35. The van der Waals surface area contributed by atoms with Crippen LogP contribution in [0.5, 0.6) is 0 Å². The van der Waals surface area contributed by atoms with Crippen LogP contribution in [0.4, 0.5) is 0 Å². The van der Waals surface area contributed by atoms with E-state index in [1.165, 1.54) is 12.5 Å². The molecule has 7 nitrogen and oxygen atoms in total. The summed E-state index contributed by atoms with van der Waals surface area (Å²) < 4.78 is 0. The number of H-pyrrole nitrogens is 1. The first kappa shape index (κ1) is 15.4. The lowest BCUT2D eigenvalue weighted by Crippen LogP contribution is -2.49. The van der Waals surface area contributed by atoms with E-state index in [9.17, 15) is 14.7 Å². The second-order valence-electron chi connectivity index (χ2n) is 5.82. The average Bonchev–Trinajstić information content (AvgIpc) is 2.52. The number of aliphatic hydroxyl groups excluding tert-OH is 1. The maximum Gasteiger partial charge on any atom is 0.263 e. The predicted octanol–water partition coefficient (Wildman–Crippen LogP) is 0.277. The fraction of sp³-hybridized carbons (Fsp3) is 0.375. The molecule has 2 heterocycles. The summed E-state index contributed by atoms with van der Waals surface area (Å²) in [5.74, 6) is -0.252. The van der Waals surface area contributed by atoms with Gasteiger partial charge in [-0.2, -0.15) is 0 Å². The Kier molecular flexibility index (Phi) is 4.47. The van der Waals surface area contributed by atoms with Gasteiger partial charge in [-0.3, -0.25) is 14.6 Å². The number of nitrogens with one attached hydrogen (secondary N) is 2. The van der Waals surface area contributed by atoms with Crippen LogP contribution in [-0.4, -0.2) is 38.1 Å². The van der Waals surface area contributed by atoms with Gasteiger partial charge < -0.3 is 15.4 Å². The average molecular weight is 314 g/mol. The summed E-state index contributed by atoms with van der Waals surface area (Å²) in [5, 5.41) is 12.5. The van der Waals surface area contributed by atoms with E-state index >= 15 is 0 Å². The highest BCUT2D eigenvalue weighted by molar-refractivity contribution is 5.93. The van der Waals surface area contributed by atoms with Crippen molar-refractivity contribution in [3.63, 3.8) is 0 Å². The van der Waals surface area contributed by atoms with Crippen LogP contribution in [0.15, 0.2) is 41.8 Å². The number of aliphatic hydroxyl groups is 1. The van der Waals surface area contributed by atoms with Crippen molar-refractivity contribution in [3.8, 4) is 0 Å². The Morgan fingerprint density at radius 1 is 1.35 bits per heavy atom. The molecular weight excluding hydrogens is 296 g/mol. The third kappa shape index (κ3) is 3.62. The first-order chi connectivity index (χ1) is 11.1. The van der Waals surface area contributed by atoms with Crippen LogP contribution in [-0.2, 0) is 6.42 Å². The van der Waals surface area contributed by atoms with Crippen LogP contribution in [0.2, 0.25) is 0 Å². The lowest BCUT2D eigenvalue weighted by atomic mass is 9.75. The number of carbonyl (C=O) groups is 1. The zero-order valence-electron chi connectivity index (χ0n) is 12.5. The number of nitrogens with zero attached hydrogens (tertiary/aromatic N) is 2. The molecule has 0 aromatic carbocycles. The van der Waals surface area contributed by atoms with E-state index < -0.39 is 11.5 Å². The van der Waals surface area contributed by atoms with Crippen molar-refractivity contribution < 1.29 is 9.90 Å². The molecule has 0 radical (unpaired) electrons. The second kappa shape index (κ2) is 6.70. The zero-order valence-corrected chi connectivity index (χ0v) is 12.5. The first-order valence-electron chi connectivity index (χ1n) is 7.54. The predicted molar refractivity (Wildman–Crippen MR) is 82.8 cm³/mol. The molecule has 0 bridgehead atoms. The standard InChI is InChI=1S/C16H18N4O3/c21-12-6-11(7-12)14(5-10-1-3-17-4-2-10)20-16(23)13-8-18-9-19-15(13)22/h1-4,8-9,11-12,14,21H,5-7H2,(H,20,23)(H,18,19,22)/t11?,12?,14-/m0/s1. The molecular formula is C16H18N4O3. The van der Waals surface area contributed by atoms with Gasteiger partial charge in [-0.05, 0) is 42.9 Å². The van der Waals surface area contributed by atoms with Crippen LogP contribution < -0.4 is 10.9 Å². The number of hydrogen-bond acceptors (Lipinski definition) is 5. The molecule has 0 saturated heterocycles. The van der Waals surface area contributed by atoms with Crippen LogP contribution >= 0.6 is 0 Å². The SMILES string of the molecule is O=C(N[C@@H](Cc1ccncc1)C1CC(O)C1)c1cnc[nH]c1=O. The first-order valence-corrected chi connectivity index (χ1v) is 7.54. The topological polar surface area (TPSA) is 108 Å². The zero-order chi connectivity index (χ0) is 16.2. The van der Waals surface area contributed by atoms with Gasteiger partial charge in [-0.15, -0.1) is 0 Å². The van der Waals surface area contributed by atoms with Gasteiger partial charge in [0.2, 0.25) is 0 Å². The summed E-state index contributed by atoms with van der Waals surface area (Å²) in [7, 11) is 0. The Morgan fingerprint density at radius 3 is 2.74 bits per heavy atom. The Balaban J connectivity index is 1.75. The number of aromatic nitrogens is 3. The van der Waals surface area contributed by atoms with Gasteiger partial charge in [0.05, 0.1) is 12.4 Å². The highest BCUT2D eigenvalue weighted by Crippen LogP contribution is 2.31. The number of aromatic amines is 1. The smallest absolute Gasteiger partial charge is 0.263 e. The van der Waals surface area contributed by atoms with Crippen molar-refractivity contribution in [1.82, 2.24) is 20.3 Å². The van der Waals surface area contributed by atoms with E-state index in [0.29, 0.717) is 19.3 Å². The molecule has 0 unspecified atom stereocenters. The van der Waals surface area contributed by atoms with E-state index in [0.717, 1.165) is 5.56 Å². The maximum absolute atomic E-state index is 12.3. The Bertz CT molecular complexity index is 725.